The summed E-state index contributed by atoms with van der Waals surface area (Å²) >= 11 is 6.11. The maximum Gasteiger partial charge on any atom is 0.258 e. The second-order valence-electron chi connectivity index (χ2n) is 6.17. The molecule has 0 spiro atoms. The standard InChI is InChI=1S/C20H20ClN5O2/c1-26(2)16-7-4-14(5-8-16)24-19(27)13-11-22-20(23-12-13)25-15-6-9-18(28-3)17(21)10-15/h4-12H,1-3H3,(H,24,27)(H,22,23,25). The Hall–Kier alpha value is -3.32. The first-order valence-electron chi connectivity index (χ1n) is 8.47. The lowest BCUT2D eigenvalue weighted by Gasteiger charge is -2.13. The minimum atomic E-state index is -0.281. The van der Waals surface area contributed by atoms with Crippen molar-refractivity contribution in [3.05, 3.63) is 65.4 Å². The van der Waals surface area contributed by atoms with Gasteiger partial charge in [-0.1, -0.05) is 11.6 Å². The molecule has 1 heterocycles. The Morgan fingerprint density at radius 3 is 2.25 bits per heavy atom. The van der Waals surface area contributed by atoms with Crippen molar-refractivity contribution in [2.75, 3.05) is 36.7 Å². The van der Waals surface area contributed by atoms with Crippen molar-refractivity contribution in [2.24, 2.45) is 0 Å². The van der Waals surface area contributed by atoms with Crippen molar-refractivity contribution in [3.63, 3.8) is 0 Å². The van der Waals surface area contributed by atoms with E-state index in [1.54, 1.807) is 25.3 Å². The molecule has 28 heavy (non-hydrogen) atoms. The first kappa shape index (κ1) is 19.4. The molecule has 144 valence electrons. The van der Waals surface area contributed by atoms with Crippen LogP contribution in [-0.4, -0.2) is 37.1 Å². The van der Waals surface area contributed by atoms with Crippen LogP contribution in [0.1, 0.15) is 10.4 Å². The molecule has 1 aromatic heterocycles. The van der Waals surface area contributed by atoms with Crippen LogP contribution in [0, 0.1) is 0 Å². The van der Waals surface area contributed by atoms with E-state index in [9.17, 15) is 4.79 Å². The number of hydrogen-bond acceptors (Lipinski definition) is 6. The molecule has 2 N–H and O–H groups in total. The second kappa shape index (κ2) is 8.58. The molecule has 0 unspecified atom stereocenters. The third-order valence-electron chi connectivity index (χ3n) is 3.96. The van der Waals surface area contributed by atoms with Crippen LogP contribution in [-0.2, 0) is 0 Å². The van der Waals surface area contributed by atoms with E-state index in [1.165, 1.54) is 12.4 Å². The van der Waals surface area contributed by atoms with Gasteiger partial charge in [0.15, 0.2) is 0 Å². The van der Waals surface area contributed by atoms with Gasteiger partial charge in [0.25, 0.3) is 5.91 Å². The summed E-state index contributed by atoms with van der Waals surface area (Å²) in [5.74, 6) is 0.656. The Morgan fingerprint density at radius 2 is 1.68 bits per heavy atom. The van der Waals surface area contributed by atoms with Crippen molar-refractivity contribution in [1.82, 2.24) is 9.97 Å². The van der Waals surface area contributed by atoms with Gasteiger partial charge in [-0.05, 0) is 42.5 Å². The first-order valence-corrected chi connectivity index (χ1v) is 8.85. The lowest BCUT2D eigenvalue weighted by Crippen LogP contribution is -2.13. The Kier molecular flexibility index (Phi) is 5.96. The summed E-state index contributed by atoms with van der Waals surface area (Å²) in [5.41, 5.74) is 2.82. The minimum absolute atomic E-state index is 0.281. The Labute approximate surface area is 168 Å². The quantitative estimate of drug-likeness (QED) is 0.649. The third kappa shape index (κ3) is 4.69. The SMILES string of the molecule is COc1ccc(Nc2ncc(C(=O)Nc3ccc(N(C)C)cc3)cn2)cc1Cl. The number of amides is 1. The van der Waals surface area contributed by atoms with Gasteiger partial charge in [0.2, 0.25) is 5.95 Å². The number of hydrogen-bond donors (Lipinski definition) is 2. The second-order valence-corrected chi connectivity index (χ2v) is 6.57. The number of carbonyl (C=O) groups excluding carboxylic acids is 1. The molecule has 0 saturated heterocycles. The maximum absolute atomic E-state index is 12.4. The molecule has 3 aromatic rings. The van der Waals surface area contributed by atoms with Crippen molar-refractivity contribution in [2.45, 2.75) is 0 Å². The number of halogens is 1. The third-order valence-corrected chi connectivity index (χ3v) is 4.26. The molecule has 7 nitrogen and oxygen atoms in total. The van der Waals surface area contributed by atoms with E-state index in [-0.39, 0.29) is 5.91 Å². The largest absolute Gasteiger partial charge is 0.495 e. The molecule has 0 bridgehead atoms. The number of rotatable bonds is 6. The number of aromatic nitrogens is 2. The Balaban J connectivity index is 1.64. The minimum Gasteiger partial charge on any atom is -0.495 e. The fourth-order valence-electron chi connectivity index (χ4n) is 2.43. The van der Waals surface area contributed by atoms with E-state index in [2.05, 4.69) is 20.6 Å². The van der Waals surface area contributed by atoms with Gasteiger partial charge in [-0.25, -0.2) is 9.97 Å². The van der Waals surface area contributed by atoms with Crippen LogP contribution in [0.2, 0.25) is 5.02 Å². The summed E-state index contributed by atoms with van der Waals surface area (Å²) in [6.45, 7) is 0. The fourth-order valence-corrected chi connectivity index (χ4v) is 2.69. The molecule has 8 heteroatoms. The van der Waals surface area contributed by atoms with Gasteiger partial charge in [0.05, 0.1) is 17.7 Å². The number of ether oxygens (including phenoxy) is 1. The summed E-state index contributed by atoms with van der Waals surface area (Å²) in [6, 6.07) is 12.8. The van der Waals surface area contributed by atoms with Gasteiger partial charge in [0.1, 0.15) is 5.75 Å². The van der Waals surface area contributed by atoms with Gasteiger partial charge in [-0.2, -0.15) is 0 Å². The molecule has 1 amide bonds. The highest BCUT2D eigenvalue weighted by Crippen LogP contribution is 2.28. The summed E-state index contributed by atoms with van der Waals surface area (Å²) in [6.07, 6.45) is 2.92. The van der Waals surface area contributed by atoms with E-state index in [0.29, 0.717) is 33.7 Å². The lowest BCUT2D eigenvalue weighted by atomic mass is 10.2. The van der Waals surface area contributed by atoms with Crippen molar-refractivity contribution in [1.29, 1.82) is 0 Å². The summed E-state index contributed by atoms with van der Waals surface area (Å²) < 4.78 is 5.12. The van der Waals surface area contributed by atoms with E-state index < -0.39 is 0 Å². The highest BCUT2D eigenvalue weighted by molar-refractivity contribution is 6.32. The van der Waals surface area contributed by atoms with Gasteiger partial charge < -0.3 is 20.3 Å². The summed E-state index contributed by atoms with van der Waals surface area (Å²) in [4.78, 5) is 22.7. The molecule has 0 aliphatic carbocycles. The molecular formula is C20H20ClN5O2. The van der Waals surface area contributed by atoms with Crippen LogP contribution in [0.4, 0.5) is 23.0 Å². The Bertz CT molecular complexity index is 959. The molecule has 2 aromatic carbocycles. The van der Waals surface area contributed by atoms with Crippen LogP contribution in [0.5, 0.6) is 5.75 Å². The molecule has 0 saturated carbocycles. The summed E-state index contributed by atoms with van der Waals surface area (Å²) in [7, 11) is 5.47. The molecule has 3 rings (SSSR count). The van der Waals surface area contributed by atoms with E-state index in [0.717, 1.165) is 5.69 Å². The summed E-state index contributed by atoms with van der Waals surface area (Å²) in [5, 5.41) is 6.33. The molecule has 0 aliphatic heterocycles. The van der Waals surface area contributed by atoms with Gasteiger partial charge in [-0.15, -0.1) is 0 Å². The topological polar surface area (TPSA) is 79.4 Å². The zero-order chi connectivity index (χ0) is 20.1. The molecule has 0 radical (unpaired) electrons. The van der Waals surface area contributed by atoms with Crippen LogP contribution in [0.25, 0.3) is 0 Å². The predicted octanol–water partition coefficient (Wildman–Crippen LogP) is 4.20. The molecular weight excluding hydrogens is 378 g/mol. The van der Waals surface area contributed by atoms with Gasteiger partial charge in [-0.3, -0.25) is 4.79 Å². The van der Waals surface area contributed by atoms with Crippen molar-refractivity contribution < 1.29 is 9.53 Å². The highest BCUT2D eigenvalue weighted by atomic mass is 35.5. The van der Waals surface area contributed by atoms with Crippen LogP contribution in [0.15, 0.2) is 54.9 Å². The normalized spacial score (nSPS) is 10.3. The molecule has 0 fully saturated rings. The zero-order valence-corrected chi connectivity index (χ0v) is 16.5. The number of carbonyl (C=O) groups is 1. The van der Waals surface area contributed by atoms with E-state index in [4.69, 9.17) is 16.3 Å². The number of nitrogens with one attached hydrogen (secondary N) is 2. The van der Waals surface area contributed by atoms with Crippen LogP contribution in [0.3, 0.4) is 0 Å². The van der Waals surface area contributed by atoms with Crippen LogP contribution >= 0.6 is 11.6 Å². The number of benzene rings is 2. The molecule has 0 aliphatic rings. The Morgan fingerprint density at radius 1 is 1.04 bits per heavy atom. The lowest BCUT2D eigenvalue weighted by molar-refractivity contribution is 0.102. The van der Waals surface area contributed by atoms with Crippen molar-refractivity contribution in [3.8, 4) is 5.75 Å². The van der Waals surface area contributed by atoms with Gasteiger partial charge in [0, 0.05) is 43.6 Å². The fraction of sp³-hybridized carbons (Fsp3) is 0.150. The van der Waals surface area contributed by atoms with E-state index in [1.807, 2.05) is 43.3 Å². The molecule has 0 atom stereocenters. The average Bonchev–Trinajstić information content (AvgIpc) is 2.69. The highest BCUT2D eigenvalue weighted by Gasteiger charge is 2.09. The van der Waals surface area contributed by atoms with Crippen LogP contribution < -0.4 is 20.3 Å². The zero-order valence-electron chi connectivity index (χ0n) is 15.7. The first-order chi connectivity index (χ1) is 13.5. The average molecular weight is 398 g/mol. The predicted molar refractivity (Wildman–Crippen MR) is 112 cm³/mol. The maximum atomic E-state index is 12.4. The monoisotopic (exact) mass is 397 g/mol. The number of anilines is 4. The van der Waals surface area contributed by atoms with Crippen molar-refractivity contribution >= 4 is 40.5 Å². The smallest absolute Gasteiger partial charge is 0.258 e. The number of methoxy groups -OCH3 is 1. The van der Waals surface area contributed by atoms with E-state index >= 15 is 0 Å². The van der Waals surface area contributed by atoms with Gasteiger partial charge >= 0.3 is 0 Å². The number of nitrogens with zero attached hydrogens (tertiary/aromatic N) is 3.